The maximum absolute atomic E-state index is 12.3. The third-order valence-electron chi connectivity index (χ3n) is 4.14. The van der Waals surface area contributed by atoms with Gasteiger partial charge in [0.1, 0.15) is 6.10 Å². The monoisotopic (exact) mass is 355 g/mol. The normalized spacial score (nSPS) is 14.8. The molecule has 0 bridgehead atoms. The molecule has 0 saturated heterocycles. The molecule has 0 radical (unpaired) electrons. The summed E-state index contributed by atoms with van der Waals surface area (Å²) in [6.07, 6.45) is 1.98. The highest BCUT2D eigenvalue weighted by molar-refractivity contribution is 6.31. The molecule has 7 heteroatoms. The molecule has 0 aliphatic heterocycles. The summed E-state index contributed by atoms with van der Waals surface area (Å²) in [5.41, 5.74) is 6.19. The summed E-state index contributed by atoms with van der Waals surface area (Å²) < 4.78 is 0. The number of halogens is 1. The first-order chi connectivity index (χ1) is 11.3. The minimum atomic E-state index is -1.53. The van der Waals surface area contributed by atoms with Crippen LogP contribution >= 0.6 is 11.6 Å². The van der Waals surface area contributed by atoms with E-state index in [0.717, 1.165) is 25.7 Å². The second-order valence-corrected chi connectivity index (χ2v) is 6.29. The number of carbonyl (C=O) groups excluding carboxylic acids is 2. The molecule has 0 fully saturated rings. The van der Waals surface area contributed by atoms with Crippen molar-refractivity contribution >= 4 is 23.4 Å². The van der Waals surface area contributed by atoms with Crippen LogP contribution in [0.25, 0.3) is 0 Å². The Labute approximate surface area is 147 Å². The van der Waals surface area contributed by atoms with Crippen molar-refractivity contribution in [1.29, 1.82) is 0 Å². The Morgan fingerprint density at radius 3 is 2.54 bits per heavy atom. The van der Waals surface area contributed by atoms with Gasteiger partial charge in [0, 0.05) is 16.6 Å². The Morgan fingerprint density at radius 1 is 1.33 bits per heavy atom. The van der Waals surface area contributed by atoms with Crippen molar-refractivity contribution < 1.29 is 14.7 Å². The van der Waals surface area contributed by atoms with Crippen molar-refractivity contribution in [2.45, 2.75) is 51.7 Å². The lowest BCUT2D eigenvalue weighted by atomic mass is 9.88. The van der Waals surface area contributed by atoms with Crippen LogP contribution in [0.1, 0.15) is 49.9 Å². The SMILES string of the molecule is CCCCC(CC)[C@@H](N)[C@H](O)C(=O)N(N)C(=O)c1cccc(Cl)c1. The van der Waals surface area contributed by atoms with Crippen LogP contribution in [0, 0.1) is 5.92 Å². The largest absolute Gasteiger partial charge is 0.382 e. The van der Waals surface area contributed by atoms with E-state index in [1.54, 1.807) is 12.1 Å². The van der Waals surface area contributed by atoms with Gasteiger partial charge in [-0.2, -0.15) is 0 Å². The molecular formula is C17H26ClN3O3. The number of nitrogens with zero attached hydrogens (tertiary/aromatic N) is 1. The molecule has 134 valence electrons. The van der Waals surface area contributed by atoms with Gasteiger partial charge >= 0.3 is 0 Å². The molecule has 1 rings (SSSR count). The van der Waals surface area contributed by atoms with Gasteiger partial charge in [0.05, 0.1) is 0 Å². The third-order valence-corrected chi connectivity index (χ3v) is 4.38. The molecule has 5 N–H and O–H groups in total. The highest BCUT2D eigenvalue weighted by Crippen LogP contribution is 2.19. The van der Waals surface area contributed by atoms with E-state index in [9.17, 15) is 14.7 Å². The molecule has 24 heavy (non-hydrogen) atoms. The molecule has 0 saturated carbocycles. The molecule has 3 atom stereocenters. The van der Waals surface area contributed by atoms with Crippen molar-refractivity contribution in [3.05, 3.63) is 34.9 Å². The number of aliphatic hydroxyl groups is 1. The predicted octanol–water partition coefficient (Wildman–Crippen LogP) is 2.09. The topological polar surface area (TPSA) is 110 Å². The number of hydrazine groups is 1. The molecule has 0 aliphatic carbocycles. The zero-order chi connectivity index (χ0) is 18.3. The van der Waals surface area contributed by atoms with Crippen LogP contribution in [0.4, 0.5) is 0 Å². The van der Waals surface area contributed by atoms with Crippen molar-refractivity contribution in [3.63, 3.8) is 0 Å². The number of benzene rings is 1. The summed E-state index contributed by atoms with van der Waals surface area (Å²) >= 11 is 5.83. The summed E-state index contributed by atoms with van der Waals surface area (Å²) in [5.74, 6) is 3.93. The van der Waals surface area contributed by atoms with Crippen LogP contribution in [-0.4, -0.2) is 34.1 Å². The molecule has 1 unspecified atom stereocenters. The van der Waals surface area contributed by atoms with Gasteiger partial charge in [-0.3, -0.25) is 9.59 Å². The zero-order valence-corrected chi connectivity index (χ0v) is 14.9. The van der Waals surface area contributed by atoms with Gasteiger partial charge in [-0.25, -0.2) is 10.9 Å². The van der Waals surface area contributed by atoms with Gasteiger partial charge in [-0.1, -0.05) is 50.8 Å². The Balaban J connectivity index is 2.81. The fraction of sp³-hybridized carbons (Fsp3) is 0.529. The van der Waals surface area contributed by atoms with Crippen LogP contribution in [0.15, 0.2) is 24.3 Å². The lowest BCUT2D eigenvalue weighted by molar-refractivity contribution is -0.139. The number of amides is 2. The van der Waals surface area contributed by atoms with E-state index in [0.29, 0.717) is 10.0 Å². The van der Waals surface area contributed by atoms with Gasteiger partial charge in [0.25, 0.3) is 11.8 Å². The van der Waals surface area contributed by atoms with Gasteiger partial charge in [-0.15, -0.1) is 0 Å². The van der Waals surface area contributed by atoms with Gasteiger partial charge in [-0.05, 0) is 30.5 Å². The number of hydrogen-bond acceptors (Lipinski definition) is 5. The number of unbranched alkanes of at least 4 members (excludes halogenated alkanes) is 1. The van der Waals surface area contributed by atoms with Crippen LogP contribution in [-0.2, 0) is 4.79 Å². The molecular weight excluding hydrogens is 330 g/mol. The van der Waals surface area contributed by atoms with Crippen molar-refractivity contribution in [2.75, 3.05) is 0 Å². The van der Waals surface area contributed by atoms with E-state index in [2.05, 4.69) is 6.92 Å². The first-order valence-corrected chi connectivity index (χ1v) is 8.53. The predicted molar refractivity (Wildman–Crippen MR) is 94.1 cm³/mol. The van der Waals surface area contributed by atoms with E-state index < -0.39 is 24.0 Å². The van der Waals surface area contributed by atoms with E-state index in [4.69, 9.17) is 23.2 Å². The molecule has 0 heterocycles. The highest BCUT2D eigenvalue weighted by atomic mass is 35.5. The van der Waals surface area contributed by atoms with Crippen LogP contribution in [0.2, 0.25) is 5.02 Å². The maximum Gasteiger partial charge on any atom is 0.274 e. The van der Waals surface area contributed by atoms with Gasteiger partial charge < -0.3 is 10.8 Å². The van der Waals surface area contributed by atoms with E-state index in [1.165, 1.54) is 12.1 Å². The molecule has 6 nitrogen and oxygen atoms in total. The Kier molecular flexibility index (Phi) is 8.35. The lowest BCUT2D eigenvalue weighted by Crippen LogP contribution is -2.55. The molecule has 1 aromatic rings. The van der Waals surface area contributed by atoms with Crippen LogP contribution in [0.5, 0.6) is 0 Å². The van der Waals surface area contributed by atoms with Crippen molar-refractivity contribution in [3.8, 4) is 0 Å². The van der Waals surface area contributed by atoms with Crippen LogP contribution in [0.3, 0.4) is 0 Å². The second-order valence-electron chi connectivity index (χ2n) is 5.86. The maximum atomic E-state index is 12.3. The van der Waals surface area contributed by atoms with Gasteiger partial charge in [0.15, 0.2) is 0 Å². The summed E-state index contributed by atoms with van der Waals surface area (Å²) in [5, 5.41) is 11.0. The smallest absolute Gasteiger partial charge is 0.274 e. The minimum Gasteiger partial charge on any atom is -0.382 e. The van der Waals surface area contributed by atoms with E-state index >= 15 is 0 Å². The summed E-state index contributed by atoms with van der Waals surface area (Å²) in [4.78, 5) is 24.5. The molecule has 0 aromatic heterocycles. The second kappa shape index (κ2) is 9.74. The molecule has 2 amide bonds. The summed E-state index contributed by atoms with van der Waals surface area (Å²) in [7, 11) is 0. The summed E-state index contributed by atoms with van der Waals surface area (Å²) in [6, 6.07) is 5.30. The van der Waals surface area contributed by atoms with Gasteiger partial charge in [0.2, 0.25) is 0 Å². The quantitative estimate of drug-likeness (QED) is 0.375. The van der Waals surface area contributed by atoms with Crippen molar-refractivity contribution in [2.24, 2.45) is 17.5 Å². The standard InChI is InChI=1S/C17H26ClN3O3/c1-3-5-7-11(4-2)14(19)15(22)17(24)21(20)16(23)12-8-6-9-13(18)10-12/h6,8-11,14-15,22H,3-5,7,19-20H2,1-2H3/t11?,14-,15+/m1/s1. The molecule has 1 aromatic carbocycles. The van der Waals surface area contributed by atoms with E-state index in [1.807, 2.05) is 6.92 Å². The molecule has 0 aliphatic rings. The number of hydrogen-bond donors (Lipinski definition) is 3. The first-order valence-electron chi connectivity index (χ1n) is 8.15. The van der Waals surface area contributed by atoms with Crippen molar-refractivity contribution in [1.82, 2.24) is 5.01 Å². The number of imide groups is 1. The number of aliphatic hydroxyl groups excluding tert-OH is 1. The Bertz CT molecular complexity index is 568. The number of nitrogens with two attached hydrogens (primary N) is 2. The fourth-order valence-corrected chi connectivity index (χ4v) is 2.75. The van der Waals surface area contributed by atoms with Crippen LogP contribution < -0.4 is 11.6 Å². The first kappa shape index (κ1) is 20.6. The average Bonchev–Trinajstić information content (AvgIpc) is 2.59. The average molecular weight is 356 g/mol. The number of rotatable bonds is 8. The fourth-order valence-electron chi connectivity index (χ4n) is 2.56. The van der Waals surface area contributed by atoms with E-state index in [-0.39, 0.29) is 11.5 Å². The minimum absolute atomic E-state index is 0.0152. The lowest BCUT2D eigenvalue weighted by Gasteiger charge is -2.28. The highest BCUT2D eigenvalue weighted by Gasteiger charge is 2.33. The Hall–Kier alpha value is -1.47. The third kappa shape index (κ3) is 5.27. The summed E-state index contributed by atoms with van der Waals surface area (Å²) in [6.45, 7) is 4.01. The Morgan fingerprint density at radius 2 is 2.00 bits per heavy atom. The zero-order valence-electron chi connectivity index (χ0n) is 14.1. The number of carbonyl (C=O) groups is 2. The molecule has 0 spiro atoms.